The summed E-state index contributed by atoms with van der Waals surface area (Å²) < 4.78 is 9.21. The summed E-state index contributed by atoms with van der Waals surface area (Å²) in [6, 6.07) is 82.9. The van der Waals surface area contributed by atoms with E-state index in [0.29, 0.717) is 17.5 Å². The molecule has 0 saturated carbocycles. The molecule has 3 aliphatic rings. The second-order valence-corrected chi connectivity index (χ2v) is 18.6. The first-order valence-electron chi connectivity index (χ1n) is 24.0. The van der Waals surface area contributed by atoms with Crippen LogP contribution in [0.4, 0.5) is 0 Å². The van der Waals surface area contributed by atoms with E-state index < -0.39 is 5.41 Å². The first kappa shape index (κ1) is 38.9. The molecule has 1 aliphatic heterocycles. The molecule has 0 N–H and O–H groups in total. The van der Waals surface area contributed by atoms with E-state index in [9.17, 15) is 0 Å². The first-order chi connectivity index (χ1) is 34.7. The summed E-state index contributed by atoms with van der Waals surface area (Å²) in [5.74, 6) is 3.60. The third kappa shape index (κ3) is 5.57. The minimum atomic E-state index is -0.671. The van der Waals surface area contributed by atoms with Crippen molar-refractivity contribution in [2.24, 2.45) is 0 Å². The normalized spacial score (nSPS) is 13.3. The maximum absolute atomic E-state index is 6.76. The molecule has 12 aromatic rings. The molecule has 0 bridgehead atoms. The van der Waals surface area contributed by atoms with Crippen LogP contribution in [0.5, 0.6) is 11.5 Å². The third-order valence-corrected chi connectivity index (χ3v) is 14.9. The first-order valence-corrected chi connectivity index (χ1v) is 24.0. The largest absolute Gasteiger partial charge is 0.457 e. The molecule has 0 atom stereocenters. The van der Waals surface area contributed by atoms with E-state index in [4.69, 9.17) is 19.7 Å². The van der Waals surface area contributed by atoms with E-state index in [1.165, 1.54) is 60.8 Å². The summed E-state index contributed by atoms with van der Waals surface area (Å²) in [7, 11) is 0. The average Bonchev–Trinajstić information content (AvgIpc) is 4.06. The lowest BCUT2D eigenvalue weighted by Gasteiger charge is -2.39. The van der Waals surface area contributed by atoms with Crippen LogP contribution in [0.15, 0.2) is 231 Å². The van der Waals surface area contributed by atoms with Crippen LogP contribution in [0.1, 0.15) is 33.4 Å². The smallest absolute Gasteiger partial charge is 0.164 e. The van der Waals surface area contributed by atoms with Crippen LogP contribution in [0.3, 0.4) is 0 Å². The Morgan fingerprint density at radius 3 is 1.64 bits per heavy atom. The highest BCUT2D eigenvalue weighted by atomic mass is 16.5. The molecule has 2 aromatic heterocycles. The minimum Gasteiger partial charge on any atom is -0.457 e. The summed E-state index contributed by atoms with van der Waals surface area (Å²) in [4.78, 5) is 15.5. The van der Waals surface area contributed by atoms with Gasteiger partial charge in [0.05, 0.1) is 16.4 Å². The summed E-state index contributed by atoms with van der Waals surface area (Å²) in [6.45, 7) is 0. The molecule has 1 spiro atoms. The number of ether oxygens (including phenoxy) is 1. The van der Waals surface area contributed by atoms with Gasteiger partial charge in [-0.05, 0) is 117 Å². The van der Waals surface area contributed by atoms with Crippen molar-refractivity contribution in [1.82, 2.24) is 19.5 Å². The van der Waals surface area contributed by atoms with E-state index in [-0.39, 0.29) is 0 Å². The topological polar surface area (TPSA) is 52.8 Å². The van der Waals surface area contributed by atoms with Crippen LogP contribution in [0, 0.1) is 0 Å². The Kier molecular flexibility index (Phi) is 8.28. The van der Waals surface area contributed by atoms with Crippen LogP contribution in [-0.4, -0.2) is 19.5 Å². The number of aromatic nitrogens is 4. The lowest BCUT2D eigenvalue weighted by atomic mass is 9.66. The van der Waals surface area contributed by atoms with Crippen LogP contribution in [0.25, 0.3) is 95.0 Å². The van der Waals surface area contributed by atoms with E-state index >= 15 is 0 Å². The second-order valence-electron chi connectivity index (χ2n) is 18.6. The van der Waals surface area contributed by atoms with Crippen molar-refractivity contribution in [3.63, 3.8) is 0 Å². The molecule has 0 radical (unpaired) electrons. The zero-order valence-corrected chi connectivity index (χ0v) is 37.8. The number of fused-ring (bicyclic) bond motifs is 15. The molecule has 326 valence electrons. The van der Waals surface area contributed by atoms with Crippen molar-refractivity contribution in [1.29, 1.82) is 0 Å². The van der Waals surface area contributed by atoms with E-state index in [1.54, 1.807) is 0 Å². The highest BCUT2D eigenvalue weighted by molar-refractivity contribution is 6.13. The number of rotatable bonds is 5. The molecule has 0 saturated heterocycles. The van der Waals surface area contributed by atoms with Crippen molar-refractivity contribution in [2.75, 3.05) is 0 Å². The maximum atomic E-state index is 6.76. The monoisotopic (exact) mass is 892 g/mol. The van der Waals surface area contributed by atoms with Gasteiger partial charge in [0.2, 0.25) is 0 Å². The Labute approximate surface area is 404 Å². The number of para-hydroxylation sites is 3. The quantitative estimate of drug-likeness (QED) is 0.173. The number of nitrogens with zero attached hydrogens (tertiary/aromatic N) is 4. The van der Waals surface area contributed by atoms with Gasteiger partial charge < -0.3 is 9.30 Å². The molecular formula is C65H40N4O. The SMILES string of the molecule is c1ccc(-c2nc(-c3ccccc3)nc(-c3ccc4c(c3)-c3c(-c5ccc6c(c5)c5cc7c(cc5n6-c5ccccc5)Cc5ccccc5-7)cccc3C43c4ccccc4Oc4ccccc43)n2)cc1. The van der Waals surface area contributed by atoms with Gasteiger partial charge in [0, 0.05) is 44.3 Å². The van der Waals surface area contributed by atoms with Crippen LogP contribution in [-0.2, 0) is 11.8 Å². The number of hydrogen-bond acceptors (Lipinski definition) is 4. The number of benzene rings is 10. The van der Waals surface area contributed by atoms with Gasteiger partial charge >= 0.3 is 0 Å². The average molecular weight is 893 g/mol. The molecule has 0 amide bonds. The molecule has 10 aromatic carbocycles. The van der Waals surface area contributed by atoms with E-state index in [1.807, 2.05) is 36.4 Å². The molecular weight excluding hydrogens is 853 g/mol. The Bertz CT molecular complexity index is 4020. The minimum absolute atomic E-state index is 0.618. The lowest BCUT2D eigenvalue weighted by molar-refractivity contribution is 0.436. The van der Waals surface area contributed by atoms with Gasteiger partial charge in [-0.3, -0.25) is 0 Å². The maximum Gasteiger partial charge on any atom is 0.164 e. The standard InChI is InChI=1S/C65H40N4O/c1-4-17-40(18-5-1)62-66-63(41-19-6-2-7-20-41)68-64(67-62)44-31-33-53-52(37-44)61-48(25-16-28-56(61)65(53)54-26-12-14-29-59(54)70-60-30-15-13-27-55(60)65)43-32-34-57-50(36-43)51-39-49-45(35-42-21-10-11-24-47(42)49)38-58(51)69(57)46-22-8-3-9-23-46/h1-34,36-39H,35H2. The van der Waals surface area contributed by atoms with Crippen molar-refractivity contribution in [3.8, 4) is 84.7 Å². The summed E-state index contributed by atoms with van der Waals surface area (Å²) in [6.07, 6.45) is 0.936. The fourth-order valence-electron chi connectivity index (χ4n) is 11.9. The molecule has 15 rings (SSSR count). The predicted molar refractivity (Wildman–Crippen MR) is 282 cm³/mol. The second kappa shape index (κ2) is 14.9. The van der Waals surface area contributed by atoms with Crippen molar-refractivity contribution >= 4 is 21.8 Å². The van der Waals surface area contributed by atoms with Gasteiger partial charge in [0.1, 0.15) is 11.5 Å². The Morgan fingerprint density at radius 2 is 0.929 bits per heavy atom. The van der Waals surface area contributed by atoms with Crippen LogP contribution in [0.2, 0.25) is 0 Å². The fraction of sp³-hybridized carbons (Fsp3) is 0.0308. The summed E-state index contributed by atoms with van der Waals surface area (Å²) in [5, 5.41) is 2.46. The molecule has 0 unspecified atom stereocenters. The Hall–Kier alpha value is -9.19. The summed E-state index contributed by atoms with van der Waals surface area (Å²) in [5.41, 5.74) is 20.3. The van der Waals surface area contributed by atoms with Crippen molar-refractivity contribution in [2.45, 2.75) is 11.8 Å². The zero-order chi connectivity index (χ0) is 45.9. The molecule has 70 heavy (non-hydrogen) atoms. The van der Waals surface area contributed by atoms with Crippen molar-refractivity contribution in [3.05, 3.63) is 264 Å². The van der Waals surface area contributed by atoms with Crippen LogP contribution < -0.4 is 4.74 Å². The van der Waals surface area contributed by atoms with E-state index in [0.717, 1.165) is 68.1 Å². The van der Waals surface area contributed by atoms with Gasteiger partial charge in [-0.15, -0.1) is 0 Å². The third-order valence-electron chi connectivity index (χ3n) is 14.9. The highest BCUT2D eigenvalue weighted by Gasteiger charge is 2.51. The molecule has 0 fully saturated rings. The van der Waals surface area contributed by atoms with Gasteiger partial charge in [-0.2, -0.15) is 0 Å². The molecule has 5 nitrogen and oxygen atoms in total. The van der Waals surface area contributed by atoms with Crippen LogP contribution >= 0.6 is 0 Å². The Balaban J connectivity index is 1.01. The molecule has 2 aliphatic carbocycles. The van der Waals surface area contributed by atoms with Gasteiger partial charge in [-0.1, -0.05) is 176 Å². The van der Waals surface area contributed by atoms with Gasteiger partial charge in [0.15, 0.2) is 17.5 Å². The zero-order valence-electron chi connectivity index (χ0n) is 37.8. The lowest BCUT2D eigenvalue weighted by Crippen LogP contribution is -2.32. The number of hydrogen-bond donors (Lipinski definition) is 0. The van der Waals surface area contributed by atoms with Crippen molar-refractivity contribution < 1.29 is 4.74 Å². The van der Waals surface area contributed by atoms with E-state index in [2.05, 4.69) is 199 Å². The molecule has 3 heterocycles. The highest BCUT2D eigenvalue weighted by Crippen LogP contribution is 2.64. The summed E-state index contributed by atoms with van der Waals surface area (Å²) >= 11 is 0. The molecule has 5 heteroatoms. The Morgan fingerprint density at radius 1 is 0.357 bits per heavy atom. The van der Waals surface area contributed by atoms with Gasteiger partial charge in [0.25, 0.3) is 0 Å². The predicted octanol–water partition coefficient (Wildman–Crippen LogP) is 15.7. The van der Waals surface area contributed by atoms with Gasteiger partial charge in [-0.25, -0.2) is 15.0 Å². The fourth-order valence-corrected chi connectivity index (χ4v) is 11.9.